The summed E-state index contributed by atoms with van der Waals surface area (Å²) in [5, 5.41) is 15.4. The smallest absolute Gasteiger partial charge is 0.230 e. The summed E-state index contributed by atoms with van der Waals surface area (Å²) in [5.41, 5.74) is 1.16. The van der Waals surface area contributed by atoms with E-state index in [9.17, 15) is 5.11 Å². The standard InChI is InChI=1S/C21H28N4O2S/c1-4-17-22-21-25(23-17)20(26)19(28-21)18(24-12-10-14(3)11-13-24)15-6-8-16(9-7-15)27-5-2/h6-9,14,18,26H,4-5,10-13H2,1-3H3. The van der Waals surface area contributed by atoms with Crippen LogP contribution in [-0.4, -0.2) is 44.3 Å². The van der Waals surface area contributed by atoms with Crippen molar-refractivity contribution in [3.05, 3.63) is 40.5 Å². The molecule has 1 aliphatic rings. The summed E-state index contributed by atoms with van der Waals surface area (Å²) >= 11 is 1.54. The number of benzene rings is 1. The molecule has 1 aromatic carbocycles. The lowest BCUT2D eigenvalue weighted by atomic mass is 9.95. The predicted molar refractivity (Wildman–Crippen MR) is 111 cm³/mol. The normalized spacial score (nSPS) is 17.2. The summed E-state index contributed by atoms with van der Waals surface area (Å²) in [4.78, 5) is 8.70. The highest BCUT2D eigenvalue weighted by molar-refractivity contribution is 7.17. The Morgan fingerprint density at radius 2 is 1.93 bits per heavy atom. The lowest BCUT2D eigenvalue weighted by molar-refractivity contribution is 0.157. The second-order valence-corrected chi connectivity index (χ2v) is 8.50. The maximum absolute atomic E-state index is 11.0. The van der Waals surface area contributed by atoms with Crippen molar-refractivity contribution in [3.63, 3.8) is 0 Å². The minimum absolute atomic E-state index is 0.00162. The van der Waals surface area contributed by atoms with Gasteiger partial charge in [0.1, 0.15) is 5.75 Å². The molecule has 0 amide bonds. The molecule has 0 aliphatic carbocycles. The van der Waals surface area contributed by atoms with Gasteiger partial charge in [-0.1, -0.05) is 37.3 Å². The Hall–Kier alpha value is -2.12. The Kier molecular flexibility index (Phi) is 5.55. The Morgan fingerprint density at radius 1 is 1.21 bits per heavy atom. The Bertz CT molecular complexity index is 926. The molecule has 0 bridgehead atoms. The average molecular weight is 401 g/mol. The maximum atomic E-state index is 11.0. The quantitative estimate of drug-likeness (QED) is 0.669. The molecule has 0 spiro atoms. The fourth-order valence-electron chi connectivity index (χ4n) is 3.85. The summed E-state index contributed by atoms with van der Waals surface area (Å²) in [6, 6.07) is 8.26. The van der Waals surface area contributed by atoms with Crippen LogP contribution in [0.25, 0.3) is 4.96 Å². The number of hydrogen-bond donors (Lipinski definition) is 1. The molecular formula is C21H28N4O2S. The van der Waals surface area contributed by atoms with Crippen molar-refractivity contribution >= 4 is 16.3 Å². The first-order chi connectivity index (χ1) is 13.6. The van der Waals surface area contributed by atoms with Gasteiger partial charge in [-0.3, -0.25) is 4.90 Å². The van der Waals surface area contributed by atoms with E-state index in [-0.39, 0.29) is 11.9 Å². The number of aryl methyl sites for hydroxylation is 1. The lowest BCUT2D eigenvalue weighted by Crippen LogP contribution is -2.36. The molecule has 150 valence electrons. The van der Waals surface area contributed by atoms with Gasteiger partial charge in [-0.05, 0) is 56.5 Å². The number of piperidine rings is 1. The Balaban J connectivity index is 1.74. The maximum Gasteiger partial charge on any atom is 0.230 e. The molecule has 1 N–H and O–H groups in total. The molecule has 1 saturated heterocycles. The summed E-state index contributed by atoms with van der Waals surface area (Å²) < 4.78 is 7.20. The second kappa shape index (κ2) is 8.09. The van der Waals surface area contributed by atoms with E-state index in [4.69, 9.17) is 4.74 Å². The molecule has 2 aromatic heterocycles. The molecular weight excluding hydrogens is 372 g/mol. The lowest BCUT2D eigenvalue weighted by Gasteiger charge is -2.36. The minimum Gasteiger partial charge on any atom is -0.494 e. The first-order valence-corrected chi connectivity index (χ1v) is 11.0. The van der Waals surface area contributed by atoms with Gasteiger partial charge in [0.05, 0.1) is 17.5 Å². The molecule has 0 radical (unpaired) electrons. The van der Waals surface area contributed by atoms with Crippen LogP contribution in [0.4, 0.5) is 0 Å². The van der Waals surface area contributed by atoms with E-state index >= 15 is 0 Å². The minimum atomic E-state index is 0.00162. The summed E-state index contributed by atoms with van der Waals surface area (Å²) in [5.74, 6) is 2.60. The van der Waals surface area contributed by atoms with Gasteiger partial charge in [-0.15, -0.1) is 5.10 Å². The molecule has 6 nitrogen and oxygen atoms in total. The topological polar surface area (TPSA) is 62.9 Å². The number of likely N-dealkylation sites (tertiary alicyclic amines) is 1. The number of aromatic nitrogens is 3. The van der Waals surface area contributed by atoms with Crippen LogP contribution in [-0.2, 0) is 6.42 Å². The van der Waals surface area contributed by atoms with Crippen LogP contribution in [0, 0.1) is 5.92 Å². The average Bonchev–Trinajstić information content (AvgIpc) is 3.24. The monoisotopic (exact) mass is 400 g/mol. The molecule has 1 fully saturated rings. The predicted octanol–water partition coefficient (Wildman–Crippen LogP) is 4.28. The number of fused-ring (bicyclic) bond motifs is 1. The third-order valence-corrected chi connectivity index (χ3v) is 6.57. The van der Waals surface area contributed by atoms with Crippen molar-refractivity contribution < 1.29 is 9.84 Å². The van der Waals surface area contributed by atoms with Crippen LogP contribution in [0.2, 0.25) is 0 Å². The van der Waals surface area contributed by atoms with Gasteiger partial charge in [-0.2, -0.15) is 4.52 Å². The zero-order valence-corrected chi connectivity index (χ0v) is 17.6. The van der Waals surface area contributed by atoms with E-state index < -0.39 is 0 Å². The second-order valence-electron chi connectivity index (χ2n) is 7.49. The van der Waals surface area contributed by atoms with E-state index in [0.29, 0.717) is 6.61 Å². The van der Waals surface area contributed by atoms with Crippen LogP contribution in [0.15, 0.2) is 24.3 Å². The largest absolute Gasteiger partial charge is 0.494 e. The highest BCUT2D eigenvalue weighted by Crippen LogP contribution is 2.41. The zero-order chi connectivity index (χ0) is 19.7. The van der Waals surface area contributed by atoms with Gasteiger partial charge in [0.25, 0.3) is 0 Å². The summed E-state index contributed by atoms with van der Waals surface area (Å²) in [7, 11) is 0. The van der Waals surface area contributed by atoms with Crippen LogP contribution in [0.3, 0.4) is 0 Å². The third-order valence-electron chi connectivity index (χ3n) is 5.50. The number of rotatable bonds is 6. The van der Waals surface area contributed by atoms with E-state index in [1.165, 1.54) is 24.2 Å². The van der Waals surface area contributed by atoms with Crippen LogP contribution >= 0.6 is 11.3 Å². The van der Waals surface area contributed by atoms with Gasteiger partial charge in [-0.25, -0.2) is 4.98 Å². The van der Waals surface area contributed by atoms with Crippen molar-refractivity contribution in [2.45, 2.75) is 46.1 Å². The van der Waals surface area contributed by atoms with E-state index in [2.05, 4.69) is 34.0 Å². The van der Waals surface area contributed by atoms with Crippen molar-refractivity contribution in [2.24, 2.45) is 5.92 Å². The number of aromatic hydroxyl groups is 1. The summed E-state index contributed by atoms with van der Waals surface area (Å²) in [6.07, 6.45) is 3.11. The van der Waals surface area contributed by atoms with Crippen LogP contribution < -0.4 is 4.74 Å². The van der Waals surface area contributed by atoms with Gasteiger partial charge in [0.2, 0.25) is 10.8 Å². The van der Waals surface area contributed by atoms with E-state index in [1.807, 2.05) is 26.0 Å². The molecule has 4 rings (SSSR count). The zero-order valence-electron chi connectivity index (χ0n) is 16.8. The molecule has 28 heavy (non-hydrogen) atoms. The van der Waals surface area contributed by atoms with Crippen LogP contribution in [0.1, 0.15) is 55.9 Å². The number of hydrogen-bond acceptors (Lipinski definition) is 6. The van der Waals surface area contributed by atoms with Crippen molar-refractivity contribution in [2.75, 3.05) is 19.7 Å². The molecule has 3 aromatic rings. The molecule has 1 aliphatic heterocycles. The van der Waals surface area contributed by atoms with Gasteiger partial charge in [0, 0.05) is 6.42 Å². The molecule has 7 heteroatoms. The van der Waals surface area contributed by atoms with Gasteiger partial charge in [0.15, 0.2) is 5.82 Å². The number of thiazole rings is 1. The van der Waals surface area contributed by atoms with E-state index in [1.54, 1.807) is 4.52 Å². The van der Waals surface area contributed by atoms with E-state index in [0.717, 1.165) is 52.4 Å². The third kappa shape index (κ3) is 3.61. The molecule has 1 unspecified atom stereocenters. The summed E-state index contributed by atoms with van der Waals surface area (Å²) in [6.45, 7) is 9.02. The SMILES string of the molecule is CCOc1ccc(C(c2sc3nc(CC)nn3c2O)N2CCC(C)CC2)cc1. The molecule has 0 saturated carbocycles. The van der Waals surface area contributed by atoms with Gasteiger partial charge < -0.3 is 9.84 Å². The van der Waals surface area contributed by atoms with Crippen molar-refractivity contribution in [1.82, 2.24) is 19.5 Å². The first-order valence-electron chi connectivity index (χ1n) is 10.1. The molecule has 3 heterocycles. The molecule has 1 atom stereocenters. The first kappa shape index (κ1) is 19.2. The Morgan fingerprint density at radius 3 is 2.54 bits per heavy atom. The number of ether oxygens (including phenoxy) is 1. The van der Waals surface area contributed by atoms with Crippen LogP contribution in [0.5, 0.6) is 11.6 Å². The fourth-order valence-corrected chi connectivity index (χ4v) is 4.98. The number of nitrogens with zero attached hydrogens (tertiary/aromatic N) is 4. The Labute approximate surface area is 169 Å². The highest BCUT2D eigenvalue weighted by Gasteiger charge is 2.31. The van der Waals surface area contributed by atoms with Crippen molar-refractivity contribution in [1.29, 1.82) is 0 Å². The van der Waals surface area contributed by atoms with Gasteiger partial charge >= 0.3 is 0 Å². The highest BCUT2D eigenvalue weighted by atomic mass is 32.1. The van der Waals surface area contributed by atoms with Crippen molar-refractivity contribution in [3.8, 4) is 11.6 Å². The fraction of sp³-hybridized carbons (Fsp3) is 0.524.